The van der Waals surface area contributed by atoms with Crippen LogP contribution in [0.2, 0.25) is 0 Å². The number of aromatic hydroxyl groups is 1. The molecule has 0 aliphatic carbocycles. The van der Waals surface area contributed by atoms with Gasteiger partial charge in [0.1, 0.15) is 5.75 Å². The second-order valence-electron chi connectivity index (χ2n) is 7.24. The molecule has 0 atom stereocenters. The number of nitrogens with one attached hydrogen (secondary N) is 1. The number of aryl methyl sites for hydroxylation is 2. The number of hydrogen-bond donors (Lipinski definition) is 2. The van der Waals surface area contributed by atoms with Crippen LogP contribution in [0.4, 0.5) is 0 Å². The minimum atomic E-state index is 0.289. The molecule has 0 aliphatic rings. The van der Waals surface area contributed by atoms with Crippen molar-refractivity contribution in [3.63, 3.8) is 0 Å². The lowest BCUT2D eigenvalue weighted by Crippen LogP contribution is -2.25. The van der Waals surface area contributed by atoms with Crippen LogP contribution < -0.4 is 0 Å². The molecule has 0 saturated carbocycles. The van der Waals surface area contributed by atoms with E-state index in [0.29, 0.717) is 0 Å². The Morgan fingerprint density at radius 3 is 2.54 bits per heavy atom. The van der Waals surface area contributed by atoms with Crippen LogP contribution >= 0.6 is 0 Å². The summed E-state index contributed by atoms with van der Waals surface area (Å²) in [5.74, 6) is 0.289. The van der Waals surface area contributed by atoms with Crippen LogP contribution in [0, 0.1) is 13.8 Å². The quantitative estimate of drug-likeness (QED) is 0.539. The van der Waals surface area contributed by atoms with Gasteiger partial charge in [0.25, 0.3) is 0 Å². The molecule has 0 unspecified atom stereocenters. The fourth-order valence-corrected chi connectivity index (χ4v) is 3.97. The van der Waals surface area contributed by atoms with Crippen molar-refractivity contribution in [1.82, 2.24) is 9.88 Å². The van der Waals surface area contributed by atoms with E-state index < -0.39 is 0 Å². The molecule has 0 radical (unpaired) electrons. The molecule has 148 valence electrons. The summed E-state index contributed by atoms with van der Waals surface area (Å²) in [6.07, 6.45) is 6.27. The predicted molar refractivity (Wildman–Crippen MR) is 122 cm³/mol. The van der Waals surface area contributed by atoms with E-state index in [1.54, 1.807) is 6.07 Å². The molecule has 0 aliphatic heterocycles. The molecule has 0 amide bonds. The van der Waals surface area contributed by atoms with Gasteiger partial charge in [0.2, 0.25) is 0 Å². The summed E-state index contributed by atoms with van der Waals surface area (Å²) in [5, 5.41) is 12.2. The van der Waals surface area contributed by atoms with Crippen LogP contribution in [0.3, 0.4) is 0 Å². The number of phenolic OH excluding ortho intramolecular Hbond substituents is 1. The molecule has 0 fully saturated rings. The first-order valence-corrected chi connectivity index (χ1v) is 10.1. The van der Waals surface area contributed by atoms with Gasteiger partial charge in [-0.2, -0.15) is 0 Å². The normalized spacial score (nSPS) is 12.5. The maximum absolute atomic E-state index is 9.99. The van der Waals surface area contributed by atoms with Crippen LogP contribution in [0.1, 0.15) is 43.0 Å². The molecule has 4 nitrogen and oxygen atoms in total. The summed E-state index contributed by atoms with van der Waals surface area (Å²) in [5.41, 5.74) is 6.94. The molecule has 1 heterocycles. The van der Waals surface area contributed by atoms with Crippen molar-refractivity contribution in [2.75, 3.05) is 26.2 Å². The fraction of sp³-hybridized carbons (Fsp3) is 0.375. The highest BCUT2D eigenvalue weighted by Gasteiger charge is 2.16. The third-order valence-electron chi connectivity index (χ3n) is 5.62. The van der Waals surface area contributed by atoms with Gasteiger partial charge in [-0.25, -0.2) is 0 Å². The number of likely N-dealkylation sites (N-methyl/N-ethyl adjacent to an activating group) is 1. The Labute approximate surface area is 167 Å². The van der Waals surface area contributed by atoms with Gasteiger partial charge in [0, 0.05) is 34.6 Å². The zero-order chi connectivity index (χ0) is 20.3. The Kier molecular flexibility index (Phi) is 6.20. The topological polar surface area (TPSA) is 51.6 Å². The molecule has 3 rings (SSSR count). The number of fused-ring (bicyclic) bond motifs is 3. The van der Waals surface area contributed by atoms with Crippen LogP contribution in [-0.2, 0) is 0 Å². The molecule has 28 heavy (non-hydrogen) atoms. The number of hydrogen-bond acceptors (Lipinski definition) is 3. The van der Waals surface area contributed by atoms with Crippen molar-refractivity contribution in [3.8, 4) is 5.75 Å². The number of H-pyrrole nitrogens is 1. The minimum absolute atomic E-state index is 0.289. The first-order chi connectivity index (χ1) is 13.5. The van der Waals surface area contributed by atoms with Crippen LogP contribution in [0.25, 0.3) is 27.9 Å². The molecule has 0 bridgehead atoms. The summed E-state index contributed by atoms with van der Waals surface area (Å²) in [6, 6.07) is 5.51. The zero-order valence-corrected chi connectivity index (χ0v) is 17.6. The van der Waals surface area contributed by atoms with E-state index in [9.17, 15) is 5.11 Å². The van der Waals surface area contributed by atoms with Gasteiger partial charge in [-0.1, -0.05) is 26.0 Å². The number of aliphatic imine (C=N–C) groups is 1. The van der Waals surface area contributed by atoms with Gasteiger partial charge in [0.05, 0.1) is 12.1 Å². The van der Waals surface area contributed by atoms with Gasteiger partial charge in [-0.05, 0) is 68.8 Å². The summed E-state index contributed by atoms with van der Waals surface area (Å²) < 4.78 is 0. The van der Waals surface area contributed by atoms with Crippen LogP contribution in [0.15, 0.2) is 29.3 Å². The average molecular weight is 378 g/mol. The second kappa shape index (κ2) is 8.61. The lowest BCUT2D eigenvalue weighted by atomic mass is 9.92. The third kappa shape index (κ3) is 3.69. The van der Waals surface area contributed by atoms with Crippen molar-refractivity contribution in [2.45, 2.75) is 34.6 Å². The Morgan fingerprint density at radius 1 is 1.11 bits per heavy atom. The van der Waals surface area contributed by atoms with Crippen molar-refractivity contribution >= 4 is 34.1 Å². The Bertz CT molecular complexity index is 1040. The average Bonchev–Trinajstić information content (AvgIpc) is 3.07. The monoisotopic (exact) mass is 377 g/mol. The van der Waals surface area contributed by atoms with Gasteiger partial charge < -0.3 is 15.0 Å². The Hall–Kier alpha value is -2.59. The van der Waals surface area contributed by atoms with E-state index in [0.717, 1.165) is 48.2 Å². The predicted octanol–water partition coefficient (Wildman–Crippen LogP) is 5.44. The zero-order valence-electron chi connectivity index (χ0n) is 17.6. The van der Waals surface area contributed by atoms with E-state index in [2.05, 4.69) is 49.7 Å². The summed E-state index contributed by atoms with van der Waals surface area (Å²) >= 11 is 0. The lowest BCUT2D eigenvalue weighted by molar-refractivity contribution is 0.313. The molecule has 3 aromatic rings. The smallest absolute Gasteiger partial charge is 0.116 e. The second-order valence-corrected chi connectivity index (χ2v) is 7.24. The Balaban J connectivity index is 2.14. The number of aromatic amines is 1. The van der Waals surface area contributed by atoms with Crippen molar-refractivity contribution in [1.29, 1.82) is 0 Å². The van der Waals surface area contributed by atoms with Crippen LogP contribution in [-0.4, -0.2) is 47.4 Å². The molecule has 2 N–H and O–H groups in total. The Morgan fingerprint density at radius 2 is 1.86 bits per heavy atom. The number of aromatic nitrogens is 1. The maximum atomic E-state index is 9.99. The number of allylic oxidation sites excluding steroid dienone is 1. The number of benzene rings is 2. The van der Waals surface area contributed by atoms with Crippen molar-refractivity contribution in [3.05, 3.63) is 46.5 Å². The molecule has 4 heteroatoms. The molecule has 0 saturated heterocycles. The number of phenols is 1. The van der Waals surface area contributed by atoms with Gasteiger partial charge >= 0.3 is 0 Å². The highest BCUT2D eigenvalue weighted by atomic mass is 16.3. The van der Waals surface area contributed by atoms with E-state index in [1.807, 2.05) is 25.3 Å². The summed E-state index contributed by atoms with van der Waals surface area (Å²) in [6.45, 7) is 14.6. The SMILES string of the molecule is C/C=C\c1c(/C=N/CCN(CC)CC)c(C)c2c([nH]c3ccc(O)cc32)c1C. The molecule has 1 aromatic heterocycles. The molecular formula is C24H31N3O. The van der Waals surface area contributed by atoms with E-state index >= 15 is 0 Å². The summed E-state index contributed by atoms with van der Waals surface area (Å²) in [4.78, 5) is 10.7. The van der Waals surface area contributed by atoms with E-state index in [1.165, 1.54) is 22.1 Å². The first-order valence-electron chi connectivity index (χ1n) is 10.1. The molecular weight excluding hydrogens is 346 g/mol. The highest BCUT2D eigenvalue weighted by Crippen LogP contribution is 2.36. The minimum Gasteiger partial charge on any atom is -0.508 e. The number of nitrogens with zero attached hydrogens (tertiary/aromatic N) is 2. The summed E-state index contributed by atoms with van der Waals surface area (Å²) in [7, 11) is 0. The fourth-order valence-electron chi connectivity index (χ4n) is 3.97. The van der Waals surface area contributed by atoms with Crippen LogP contribution in [0.5, 0.6) is 5.75 Å². The van der Waals surface area contributed by atoms with Gasteiger partial charge in [-0.15, -0.1) is 0 Å². The van der Waals surface area contributed by atoms with Gasteiger partial charge in [-0.3, -0.25) is 4.99 Å². The largest absolute Gasteiger partial charge is 0.508 e. The van der Waals surface area contributed by atoms with Crippen molar-refractivity contribution in [2.24, 2.45) is 4.99 Å². The first kappa shape index (κ1) is 20.2. The molecule has 2 aromatic carbocycles. The van der Waals surface area contributed by atoms with E-state index in [-0.39, 0.29) is 5.75 Å². The van der Waals surface area contributed by atoms with Gasteiger partial charge in [0.15, 0.2) is 0 Å². The maximum Gasteiger partial charge on any atom is 0.116 e. The third-order valence-corrected chi connectivity index (χ3v) is 5.62. The highest BCUT2D eigenvalue weighted by molar-refractivity contribution is 6.13. The molecule has 0 spiro atoms. The number of rotatable bonds is 7. The van der Waals surface area contributed by atoms with E-state index in [4.69, 9.17) is 4.99 Å². The van der Waals surface area contributed by atoms with Crippen molar-refractivity contribution < 1.29 is 5.11 Å². The lowest BCUT2D eigenvalue weighted by Gasteiger charge is -2.16. The standard InChI is InChI=1S/C24H31N3O/c1-6-9-19-17(5)24-23(20-14-18(28)10-11-22(20)26-24)16(4)21(19)15-25-12-13-27(7-2)8-3/h6,9-11,14-15,26,28H,7-8,12-13H2,1-5H3/b9-6-,25-15+.